The molecule has 0 radical (unpaired) electrons. The second-order valence-corrected chi connectivity index (χ2v) is 5.81. The predicted octanol–water partition coefficient (Wildman–Crippen LogP) is 0.253. The summed E-state index contributed by atoms with van der Waals surface area (Å²) < 4.78 is 23.4. The zero-order chi connectivity index (χ0) is 11.3. The van der Waals surface area contributed by atoms with Crippen molar-refractivity contribution < 1.29 is 8.42 Å². The van der Waals surface area contributed by atoms with Crippen molar-refractivity contribution in [2.45, 2.75) is 11.3 Å². The van der Waals surface area contributed by atoms with Crippen LogP contribution in [0.1, 0.15) is 5.56 Å². The van der Waals surface area contributed by atoms with Gasteiger partial charge in [-0.05, 0) is 24.1 Å². The predicted molar refractivity (Wildman–Crippen MR) is 58.1 cm³/mol. The number of hydrogen-bond acceptors (Lipinski definition) is 4. The number of fused-ring (bicyclic) bond motifs is 3. The second-order valence-electron chi connectivity index (χ2n) is 3.74. The molecule has 5 nitrogen and oxygen atoms in total. The Morgan fingerprint density at radius 3 is 2.94 bits per heavy atom. The Morgan fingerprint density at radius 1 is 1.31 bits per heavy atom. The van der Waals surface area contributed by atoms with Crippen LogP contribution in [-0.4, -0.2) is 24.1 Å². The molecule has 0 saturated carbocycles. The second kappa shape index (κ2) is 2.91. The quantitative estimate of drug-likeness (QED) is 0.711. The number of hydrogen-bond donors (Lipinski definition) is 1. The number of nitrogens with one attached hydrogen (secondary N) is 1. The maximum absolute atomic E-state index is 11.7. The molecule has 16 heavy (non-hydrogen) atoms. The van der Waals surface area contributed by atoms with Gasteiger partial charge in [0.05, 0.1) is 27.9 Å². The molecule has 1 N–H and O–H groups in total. The minimum Gasteiger partial charge on any atom is -0.313 e. The number of H-pyrrole nitrogens is 1. The zero-order valence-corrected chi connectivity index (χ0v) is 9.04. The van der Waals surface area contributed by atoms with E-state index in [2.05, 4.69) is 9.97 Å². The van der Waals surface area contributed by atoms with Crippen molar-refractivity contribution in [2.24, 2.45) is 0 Å². The van der Waals surface area contributed by atoms with Crippen LogP contribution in [0.4, 0.5) is 0 Å². The molecule has 0 amide bonds. The van der Waals surface area contributed by atoms with Crippen LogP contribution in [0.5, 0.6) is 0 Å². The summed E-state index contributed by atoms with van der Waals surface area (Å²) in [6, 6.07) is 3.11. The monoisotopic (exact) mass is 236 g/mol. The Balaban J connectivity index is 2.57. The van der Waals surface area contributed by atoms with Gasteiger partial charge in [0.2, 0.25) is 0 Å². The van der Waals surface area contributed by atoms with Gasteiger partial charge >= 0.3 is 0 Å². The van der Waals surface area contributed by atoms with Gasteiger partial charge in [-0.1, -0.05) is 0 Å². The fourth-order valence-corrected chi connectivity index (χ4v) is 3.64. The van der Waals surface area contributed by atoms with Crippen molar-refractivity contribution in [3.63, 3.8) is 0 Å². The van der Waals surface area contributed by atoms with Crippen LogP contribution >= 0.6 is 0 Å². The molecule has 1 aliphatic heterocycles. The van der Waals surface area contributed by atoms with E-state index in [9.17, 15) is 13.2 Å². The Hall–Kier alpha value is -1.69. The zero-order valence-electron chi connectivity index (χ0n) is 8.23. The van der Waals surface area contributed by atoms with E-state index < -0.39 is 9.84 Å². The van der Waals surface area contributed by atoms with Crippen LogP contribution in [-0.2, 0) is 16.3 Å². The van der Waals surface area contributed by atoms with Crippen LogP contribution in [0.15, 0.2) is 28.2 Å². The lowest BCUT2D eigenvalue weighted by atomic mass is 10.1. The Labute approximate surface area is 91.1 Å². The van der Waals surface area contributed by atoms with E-state index in [-0.39, 0.29) is 16.2 Å². The van der Waals surface area contributed by atoms with Gasteiger partial charge in [-0.25, -0.2) is 13.4 Å². The van der Waals surface area contributed by atoms with Crippen LogP contribution in [0, 0.1) is 0 Å². The standard InChI is InChI=1S/C10H8N2O3S/c13-10-9-6-3-4-16(14,15)8(6)2-1-7(9)11-5-12-10/h1-2,5H,3-4H2,(H,11,12,13). The smallest absolute Gasteiger partial charge is 0.258 e. The number of nitrogens with zero attached hydrogens (tertiary/aromatic N) is 1. The molecule has 6 heteroatoms. The average Bonchev–Trinajstić information content (AvgIpc) is 2.55. The van der Waals surface area contributed by atoms with Gasteiger partial charge in [0.25, 0.3) is 5.56 Å². The third-order valence-electron chi connectivity index (χ3n) is 2.83. The van der Waals surface area contributed by atoms with Gasteiger partial charge in [-0.15, -0.1) is 0 Å². The molecule has 0 bridgehead atoms. The number of sulfone groups is 1. The molecule has 2 heterocycles. The average molecular weight is 236 g/mol. The summed E-state index contributed by atoms with van der Waals surface area (Å²) in [7, 11) is -3.19. The van der Waals surface area contributed by atoms with Crippen molar-refractivity contribution in [3.8, 4) is 0 Å². The van der Waals surface area contributed by atoms with E-state index in [4.69, 9.17) is 0 Å². The lowest BCUT2D eigenvalue weighted by molar-refractivity contribution is 0.600. The normalized spacial score (nSPS) is 17.5. The lowest BCUT2D eigenvalue weighted by Crippen LogP contribution is -2.08. The third-order valence-corrected chi connectivity index (χ3v) is 4.62. The summed E-state index contributed by atoms with van der Waals surface area (Å²) in [5.41, 5.74) is 0.866. The topological polar surface area (TPSA) is 79.9 Å². The molecule has 82 valence electrons. The number of benzene rings is 1. The van der Waals surface area contributed by atoms with Crippen LogP contribution < -0.4 is 5.56 Å². The first-order valence-electron chi connectivity index (χ1n) is 4.81. The molecule has 1 aromatic carbocycles. The first-order chi connectivity index (χ1) is 7.59. The maximum atomic E-state index is 11.7. The first kappa shape index (κ1) is 9.53. The molecular formula is C10H8N2O3S. The van der Waals surface area contributed by atoms with Crippen LogP contribution in [0.3, 0.4) is 0 Å². The van der Waals surface area contributed by atoms with Gasteiger partial charge < -0.3 is 4.98 Å². The van der Waals surface area contributed by atoms with Gasteiger partial charge in [-0.2, -0.15) is 0 Å². The minimum atomic E-state index is -3.19. The Morgan fingerprint density at radius 2 is 2.12 bits per heavy atom. The summed E-state index contributed by atoms with van der Waals surface area (Å²) in [6.45, 7) is 0. The number of aryl methyl sites for hydroxylation is 1. The molecule has 0 fully saturated rings. The van der Waals surface area contributed by atoms with E-state index in [1.807, 2.05) is 0 Å². The molecule has 2 aromatic rings. The SMILES string of the molecule is O=c1[nH]cnc2ccc3c(c12)CCS3(=O)=O. The highest BCUT2D eigenvalue weighted by Gasteiger charge is 2.28. The van der Waals surface area contributed by atoms with Crippen molar-refractivity contribution >= 4 is 20.7 Å². The van der Waals surface area contributed by atoms with Gasteiger partial charge in [0.1, 0.15) is 0 Å². The van der Waals surface area contributed by atoms with Gasteiger partial charge in [0, 0.05) is 0 Å². The molecule has 3 rings (SSSR count). The molecule has 0 aliphatic carbocycles. The highest BCUT2D eigenvalue weighted by molar-refractivity contribution is 7.91. The van der Waals surface area contributed by atoms with E-state index >= 15 is 0 Å². The van der Waals surface area contributed by atoms with Crippen molar-refractivity contribution in [3.05, 3.63) is 34.4 Å². The summed E-state index contributed by atoms with van der Waals surface area (Å²) in [4.78, 5) is 18.4. The number of rotatable bonds is 0. The van der Waals surface area contributed by atoms with Crippen LogP contribution in [0.2, 0.25) is 0 Å². The lowest BCUT2D eigenvalue weighted by Gasteiger charge is -2.01. The molecule has 0 atom stereocenters. The molecule has 0 unspecified atom stereocenters. The molecule has 0 spiro atoms. The van der Waals surface area contributed by atoms with E-state index in [0.29, 0.717) is 22.9 Å². The fraction of sp³-hybridized carbons (Fsp3) is 0.200. The Kier molecular flexibility index (Phi) is 1.74. The summed E-state index contributed by atoms with van der Waals surface area (Å²) in [6.07, 6.45) is 1.71. The summed E-state index contributed by atoms with van der Waals surface area (Å²) in [5.74, 6) is 0.0791. The van der Waals surface area contributed by atoms with E-state index in [1.165, 1.54) is 12.4 Å². The highest BCUT2D eigenvalue weighted by Crippen LogP contribution is 2.29. The number of aromatic nitrogens is 2. The van der Waals surface area contributed by atoms with E-state index in [1.54, 1.807) is 6.07 Å². The molecule has 0 saturated heterocycles. The van der Waals surface area contributed by atoms with Crippen molar-refractivity contribution in [1.82, 2.24) is 9.97 Å². The maximum Gasteiger partial charge on any atom is 0.258 e. The summed E-state index contributed by atoms with van der Waals surface area (Å²) >= 11 is 0. The van der Waals surface area contributed by atoms with Crippen molar-refractivity contribution in [1.29, 1.82) is 0 Å². The summed E-state index contributed by atoms with van der Waals surface area (Å²) in [5, 5.41) is 0.404. The first-order valence-corrected chi connectivity index (χ1v) is 6.47. The Bertz CT molecular complexity index is 746. The minimum absolute atomic E-state index is 0.0791. The van der Waals surface area contributed by atoms with Crippen molar-refractivity contribution in [2.75, 3.05) is 5.75 Å². The van der Waals surface area contributed by atoms with Gasteiger partial charge in [-0.3, -0.25) is 4.79 Å². The number of aromatic amines is 1. The highest BCUT2D eigenvalue weighted by atomic mass is 32.2. The van der Waals surface area contributed by atoms with E-state index in [0.717, 1.165) is 0 Å². The molecule has 1 aromatic heterocycles. The fourth-order valence-electron chi connectivity index (χ4n) is 2.10. The van der Waals surface area contributed by atoms with Crippen LogP contribution in [0.25, 0.3) is 10.9 Å². The molecule has 1 aliphatic rings. The van der Waals surface area contributed by atoms with Gasteiger partial charge in [0.15, 0.2) is 9.84 Å². The molecular weight excluding hydrogens is 228 g/mol. The largest absolute Gasteiger partial charge is 0.313 e. The third kappa shape index (κ3) is 1.13.